The van der Waals surface area contributed by atoms with E-state index in [9.17, 15) is 18.0 Å². The van der Waals surface area contributed by atoms with Crippen LogP contribution in [0.25, 0.3) is 11.0 Å². The van der Waals surface area contributed by atoms with Crippen molar-refractivity contribution in [3.8, 4) is 5.75 Å². The molecule has 0 aliphatic heterocycles. The second kappa shape index (κ2) is 9.67. The van der Waals surface area contributed by atoms with Crippen molar-refractivity contribution in [1.82, 2.24) is 4.72 Å². The number of hydrogen-bond donors (Lipinski definition) is 1. The topological polar surface area (TPSA) is 103 Å². The number of benzene rings is 2. The first-order valence-corrected chi connectivity index (χ1v) is 12.0. The molecule has 170 valence electrons. The number of carbonyl (C=O) groups excluding carboxylic acids is 1. The number of carbonyl (C=O) groups is 1. The number of rotatable bonds is 8. The Hall–Kier alpha value is -2.97. The van der Waals surface area contributed by atoms with Crippen LogP contribution in [0.4, 0.5) is 0 Å². The van der Waals surface area contributed by atoms with Crippen LogP contribution in [0.3, 0.4) is 0 Å². The zero-order valence-electron chi connectivity index (χ0n) is 18.6. The first-order chi connectivity index (χ1) is 15.1. The summed E-state index contributed by atoms with van der Waals surface area (Å²) in [5, 5.41) is 0.530. The molecule has 7 nitrogen and oxygen atoms in total. The van der Waals surface area contributed by atoms with Gasteiger partial charge in [-0.25, -0.2) is 18.0 Å². The van der Waals surface area contributed by atoms with Crippen LogP contribution in [-0.4, -0.2) is 20.4 Å². The van der Waals surface area contributed by atoms with E-state index < -0.39 is 27.7 Å². The minimum absolute atomic E-state index is 0.0769. The summed E-state index contributed by atoms with van der Waals surface area (Å²) < 4.78 is 39.1. The number of fused-ring (bicyclic) bond motifs is 1. The number of esters is 1. The Balaban J connectivity index is 1.95. The molecule has 0 unspecified atom stereocenters. The van der Waals surface area contributed by atoms with Gasteiger partial charge in [0.15, 0.2) is 0 Å². The maximum atomic E-state index is 13.0. The molecule has 0 radical (unpaired) electrons. The summed E-state index contributed by atoms with van der Waals surface area (Å²) in [7, 11) is -3.92. The fourth-order valence-electron chi connectivity index (χ4n) is 3.50. The highest BCUT2D eigenvalue weighted by atomic mass is 32.2. The number of nitrogens with one attached hydrogen (secondary N) is 1. The van der Waals surface area contributed by atoms with Gasteiger partial charge in [0.2, 0.25) is 10.0 Å². The maximum Gasteiger partial charge on any atom is 0.336 e. The van der Waals surface area contributed by atoms with Crippen molar-refractivity contribution >= 4 is 27.0 Å². The van der Waals surface area contributed by atoms with Gasteiger partial charge in [0.05, 0.1) is 10.3 Å². The lowest BCUT2D eigenvalue weighted by Crippen LogP contribution is -2.42. The van der Waals surface area contributed by atoms with Gasteiger partial charge in [-0.05, 0) is 62.1 Å². The highest BCUT2D eigenvalue weighted by Crippen LogP contribution is 2.30. The summed E-state index contributed by atoms with van der Waals surface area (Å²) in [5.41, 5.74) is 2.20. The van der Waals surface area contributed by atoms with Gasteiger partial charge >= 0.3 is 11.6 Å². The van der Waals surface area contributed by atoms with Gasteiger partial charge in [0, 0.05) is 6.07 Å². The average molecular weight is 458 g/mol. The lowest BCUT2D eigenvalue weighted by molar-refractivity contribution is -0.136. The lowest BCUT2D eigenvalue weighted by atomic mass is 10.0. The van der Waals surface area contributed by atoms with Crippen molar-refractivity contribution in [3.63, 3.8) is 0 Å². The molecule has 3 rings (SSSR count). The average Bonchev–Trinajstić information content (AvgIpc) is 2.72. The van der Waals surface area contributed by atoms with Crippen molar-refractivity contribution in [3.05, 3.63) is 69.6 Å². The van der Waals surface area contributed by atoms with E-state index in [4.69, 9.17) is 9.15 Å². The van der Waals surface area contributed by atoms with Crippen molar-refractivity contribution < 1.29 is 22.4 Å². The van der Waals surface area contributed by atoms with Crippen LogP contribution in [0.1, 0.15) is 43.4 Å². The van der Waals surface area contributed by atoms with Crippen LogP contribution in [-0.2, 0) is 21.2 Å². The number of ether oxygens (including phenoxy) is 1. The van der Waals surface area contributed by atoms with Crippen molar-refractivity contribution in [2.45, 2.75) is 57.9 Å². The van der Waals surface area contributed by atoms with Crippen molar-refractivity contribution in [2.24, 2.45) is 0 Å². The normalized spacial score (nSPS) is 12.6. The van der Waals surface area contributed by atoms with E-state index in [1.165, 1.54) is 18.2 Å². The van der Waals surface area contributed by atoms with Crippen molar-refractivity contribution in [2.75, 3.05) is 0 Å². The van der Waals surface area contributed by atoms with Gasteiger partial charge in [-0.3, -0.25) is 0 Å². The van der Waals surface area contributed by atoms with Gasteiger partial charge in [0.25, 0.3) is 0 Å². The van der Waals surface area contributed by atoms with Gasteiger partial charge in [-0.15, -0.1) is 0 Å². The molecule has 1 N–H and O–H groups in total. The summed E-state index contributed by atoms with van der Waals surface area (Å²) >= 11 is 0. The van der Waals surface area contributed by atoms with E-state index in [1.54, 1.807) is 31.2 Å². The monoisotopic (exact) mass is 457 g/mol. The zero-order chi connectivity index (χ0) is 23.5. The zero-order valence-corrected chi connectivity index (χ0v) is 19.4. The van der Waals surface area contributed by atoms with Crippen molar-refractivity contribution in [1.29, 1.82) is 0 Å². The third kappa shape index (κ3) is 5.26. The Morgan fingerprint density at radius 3 is 2.38 bits per heavy atom. The molecule has 1 heterocycles. The molecule has 0 saturated carbocycles. The highest BCUT2D eigenvalue weighted by molar-refractivity contribution is 7.89. The Morgan fingerprint density at radius 2 is 1.75 bits per heavy atom. The molecule has 1 atom stereocenters. The smallest absolute Gasteiger partial charge is 0.336 e. The van der Waals surface area contributed by atoms with Crippen LogP contribution in [0.15, 0.2) is 56.6 Å². The Kier molecular flexibility index (Phi) is 7.16. The molecule has 0 saturated heterocycles. The summed E-state index contributed by atoms with van der Waals surface area (Å²) in [6, 6.07) is 10.1. The van der Waals surface area contributed by atoms with Gasteiger partial charge < -0.3 is 9.15 Å². The highest BCUT2D eigenvalue weighted by Gasteiger charge is 2.27. The first kappa shape index (κ1) is 23.7. The molecule has 1 aromatic heterocycles. The van der Waals surface area contributed by atoms with Crippen LogP contribution in [0, 0.1) is 13.8 Å². The SMILES string of the molecule is CCC[C@@H](NS(=O)(=O)c1ccc(C)cc1)C(=O)Oc1cc(C)cc2oc(=O)cc(CC)c12. The second-order valence-electron chi connectivity index (χ2n) is 7.78. The Labute approximate surface area is 187 Å². The van der Waals surface area contributed by atoms with Crippen LogP contribution >= 0.6 is 0 Å². The van der Waals surface area contributed by atoms with Crippen LogP contribution in [0.5, 0.6) is 5.75 Å². The fourth-order valence-corrected chi connectivity index (χ4v) is 4.71. The quantitative estimate of drug-likeness (QED) is 0.311. The first-order valence-electron chi connectivity index (χ1n) is 10.5. The molecule has 0 aliphatic rings. The number of sulfonamides is 1. The molecule has 0 fully saturated rings. The molecule has 0 spiro atoms. The van der Waals surface area contributed by atoms with E-state index in [2.05, 4.69) is 4.72 Å². The van der Waals surface area contributed by atoms with E-state index in [0.717, 1.165) is 11.1 Å². The summed E-state index contributed by atoms with van der Waals surface area (Å²) in [5.74, 6) is -0.482. The summed E-state index contributed by atoms with van der Waals surface area (Å²) in [6.45, 7) is 7.39. The van der Waals surface area contributed by atoms with Gasteiger partial charge in [0.1, 0.15) is 17.4 Å². The minimum Gasteiger partial charge on any atom is -0.425 e. The summed E-state index contributed by atoms with van der Waals surface area (Å²) in [4.78, 5) is 25.0. The molecule has 0 bridgehead atoms. The molecule has 2 aromatic carbocycles. The summed E-state index contributed by atoms with van der Waals surface area (Å²) in [6.07, 6.45) is 1.37. The van der Waals surface area contributed by atoms with E-state index in [0.29, 0.717) is 29.4 Å². The third-order valence-electron chi connectivity index (χ3n) is 5.12. The molecule has 32 heavy (non-hydrogen) atoms. The Bertz CT molecular complexity index is 1290. The largest absolute Gasteiger partial charge is 0.425 e. The fraction of sp³-hybridized carbons (Fsp3) is 0.333. The van der Waals surface area contributed by atoms with Gasteiger partial charge in [-0.2, -0.15) is 4.72 Å². The lowest BCUT2D eigenvalue weighted by Gasteiger charge is -2.18. The number of hydrogen-bond acceptors (Lipinski definition) is 6. The molecule has 0 amide bonds. The predicted octanol–water partition coefficient (Wildman–Crippen LogP) is 4.02. The van der Waals surface area contributed by atoms with E-state index in [-0.39, 0.29) is 17.1 Å². The molecular formula is C24H27NO6S. The van der Waals surface area contributed by atoms with E-state index in [1.807, 2.05) is 20.8 Å². The van der Waals surface area contributed by atoms with E-state index >= 15 is 0 Å². The Morgan fingerprint density at radius 1 is 1.06 bits per heavy atom. The molecular weight excluding hydrogens is 430 g/mol. The molecule has 8 heteroatoms. The predicted molar refractivity (Wildman–Crippen MR) is 122 cm³/mol. The van der Waals surface area contributed by atoms with Crippen LogP contribution < -0.4 is 15.1 Å². The molecule has 0 aliphatic carbocycles. The standard InChI is InChI=1S/C24H27NO6S/c1-5-7-19(25-32(28,29)18-10-8-15(3)9-11-18)24(27)31-21-13-16(4)12-20-23(21)17(6-2)14-22(26)30-20/h8-14,19,25H,5-7H2,1-4H3/t19-/m1/s1. The third-order valence-corrected chi connectivity index (χ3v) is 6.60. The number of aryl methyl sites for hydroxylation is 3. The minimum atomic E-state index is -3.92. The second-order valence-corrected chi connectivity index (χ2v) is 9.49. The molecule has 3 aromatic rings. The maximum absolute atomic E-state index is 13.0. The van der Waals surface area contributed by atoms with Gasteiger partial charge in [-0.1, -0.05) is 38.0 Å². The van der Waals surface area contributed by atoms with Crippen LogP contribution in [0.2, 0.25) is 0 Å².